The molecule has 120 valence electrons. The van der Waals surface area contributed by atoms with Crippen LogP contribution in [0, 0.1) is 0 Å². The third kappa shape index (κ3) is 6.71. The summed E-state index contributed by atoms with van der Waals surface area (Å²) in [6, 6.07) is 0.430. The molecule has 1 N–H and O–H groups in total. The van der Waals surface area contributed by atoms with E-state index in [2.05, 4.69) is 37.9 Å². The number of esters is 1. The molecular weight excluding hydrogens is 252 g/mol. The molecule has 4 nitrogen and oxygen atoms in total. The molecule has 0 aromatic rings. The maximum absolute atomic E-state index is 12.1. The van der Waals surface area contributed by atoms with Crippen molar-refractivity contribution in [3.63, 3.8) is 0 Å². The first-order chi connectivity index (χ1) is 9.41. The van der Waals surface area contributed by atoms with Gasteiger partial charge in [0.15, 0.2) is 0 Å². The molecule has 0 aromatic carbocycles. The Hall–Kier alpha value is -0.610. The van der Waals surface area contributed by atoms with E-state index in [4.69, 9.17) is 4.74 Å². The Morgan fingerprint density at radius 2 is 1.90 bits per heavy atom. The molecule has 0 aliphatic rings. The van der Waals surface area contributed by atoms with Crippen LogP contribution in [0.25, 0.3) is 0 Å². The second-order valence-corrected chi connectivity index (χ2v) is 6.02. The van der Waals surface area contributed by atoms with Crippen molar-refractivity contribution in [1.82, 2.24) is 10.2 Å². The number of unbranched alkanes of at least 4 members (excludes halogenated alkanes) is 2. The third-order valence-corrected chi connectivity index (χ3v) is 3.70. The van der Waals surface area contributed by atoms with Gasteiger partial charge in [-0.05, 0) is 46.7 Å². The first-order valence-corrected chi connectivity index (χ1v) is 7.98. The molecule has 0 heterocycles. The van der Waals surface area contributed by atoms with Crippen LogP contribution in [0.4, 0.5) is 0 Å². The molecule has 0 radical (unpaired) electrons. The molecule has 4 heteroatoms. The van der Waals surface area contributed by atoms with Crippen molar-refractivity contribution >= 4 is 5.97 Å². The van der Waals surface area contributed by atoms with Gasteiger partial charge in [0.25, 0.3) is 0 Å². The van der Waals surface area contributed by atoms with E-state index in [1.54, 1.807) is 0 Å². The van der Waals surface area contributed by atoms with Crippen LogP contribution in [0.1, 0.15) is 60.3 Å². The molecule has 1 atom stereocenters. The minimum absolute atomic E-state index is 0.174. The summed E-state index contributed by atoms with van der Waals surface area (Å²) in [4.78, 5) is 14.5. The number of hydrogen-bond acceptors (Lipinski definition) is 4. The van der Waals surface area contributed by atoms with Gasteiger partial charge in [-0.25, -0.2) is 0 Å². The molecule has 0 amide bonds. The predicted octanol–water partition coefficient (Wildman–Crippen LogP) is 2.82. The Morgan fingerprint density at radius 1 is 1.25 bits per heavy atom. The average Bonchev–Trinajstić information content (AvgIpc) is 2.43. The number of nitrogens with zero attached hydrogens (tertiary/aromatic N) is 1. The third-order valence-electron chi connectivity index (χ3n) is 3.70. The van der Waals surface area contributed by atoms with Crippen LogP contribution in [0.15, 0.2) is 0 Å². The van der Waals surface area contributed by atoms with Gasteiger partial charge in [0.05, 0.1) is 7.11 Å². The molecule has 0 aliphatic carbocycles. The summed E-state index contributed by atoms with van der Waals surface area (Å²) in [6.07, 6.45) is 4.64. The summed E-state index contributed by atoms with van der Waals surface area (Å²) in [7, 11) is 1.46. The largest absolute Gasteiger partial charge is 0.468 e. The van der Waals surface area contributed by atoms with Crippen molar-refractivity contribution in [3.8, 4) is 0 Å². The van der Waals surface area contributed by atoms with E-state index in [1.165, 1.54) is 26.4 Å². The Kier molecular flexibility index (Phi) is 9.86. The molecule has 0 saturated carbocycles. The SMILES string of the molecule is CCCCCN(CC(C)(NCCC)C(=O)OC)C(C)C. The first-order valence-electron chi connectivity index (χ1n) is 7.98. The highest BCUT2D eigenvalue weighted by atomic mass is 16.5. The number of methoxy groups -OCH3 is 1. The molecule has 0 fully saturated rings. The van der Waals surface area contributed by atoms with Gasteiger partial charge in [0.1, 0.15) is 5.54 Å². The zero-order chi connectivity index (χ0) is 15.6. The fourth-order valence-electron chi connectivity index (χ4n) is 2.31. The molecule has 0 bridgehead atoms. The van der Waals surface area contributed by atoms with Crippen molar-refractivity contribution in [1.29, 1.82) is 0 Å². The average molecular weight is 286 g/mol. The Morgan fingerprint density at radius 3 is 2.35 bits per heavy atom. The second-order valence-electron chi connectivity index (χ2n) is 6.02. The summed E-state index contributed by atoms with van der Waals surface area (Å²) in [5, 5.41) is 3.36. The first kappa shape index (κ1) is 19.4. The van der Waals surface area contributed by atoms with Crippen molar-refractivity contribution in [3.05, 3.63) is 0 Å². The van der Waals surface area contributed by atoms with Crippen LogP contribution in [-0.4, -0.2) is 49.2 Å². The van der Waals surface area contributed by atoms with Crippen LogP contribution in [-0.2, 0) is 9.53 Å². The standard InChI is InChI=1S/C16H34N2O2/c1-7-9-10-12-18(14(3)4)13-16(5,15(19)20-6)17-11-8-2/h14,17H,7-13H2,1-6H3. The van der Waals surface area contributed by atoms with Gasteiger partial charge >= 0.3 is 5.97 Å². The summed E-state index contributed by atoms with van der Waals surface area (Å²) < 4.78 is 4.99. The highest BCUT2D eigenvalue weighted by Gasteiger charge is 2.36. The van der Waals surface area contributed by atoms with Gasteiger partial charge in [-0.15, -0.1) is 0 Å². The van der Waals surface area contributed by atoms with Crippen LogP contribution in [0.3, 0.4) is 0 Å². The minimum atomic E-state index is -0.624. The van der Waals surface area contributed by atoms with Gasteiger partial charge in [-0.2, -0.15) is 0 Å². The van der Waals surface area contributed by atoms with Gasteiger partial charge < -0.3 is 10.1 Å². The minimum Gasteiger partial charge on any atom is -0.468 e. The zero-order valence-corrected chi connectivity index (χ0v) is 14.3. The molecule has 0 saturated heterocycles. The highest BCUT2D eigenvalue weighted by Crippen LogP contribution is 2.13. The summed E-state index contributed by atoms with van der Waals surface area (Å²) >= 11 is 0. The lowest BCUT2D eigenvalue weighted by atomic mass is 10.00. The Balaban J connectivity index is 4.74. The van der Waals surface area contributed by atoms with E-state index in [1.807, 2.05) is 6.92 Å². The fourth-order valence-corrected chi connectivity index (χ4v) is 2.31. The van der Waals surface area contributed by atoms with Crippen molar-refractivity contribution in [2.45, 2.75) is 71.9 Å². The number of ether oxygens (including phenoxy) is 1. The van der Waals surface area contributed by atoms with Crippen molar-refractivity contribution in [2.75, 3.05) is 26.7 Å². The fraction of sp³-hybridized carbons (Fsp3) is 0.938. The van der Waals surface area contributed by atoms with Crippen molar-refractivity contribution < 1.29 is 9.53 Å². The molecule has 0 aromatic heterocycles. The number of carbonyl (C=O) groups is 1. The predicted molar refractivity (Wildman–Crippen MR) is 84.9 cm³/mol. The lowest BCUT2D eigenvalue weighted by Crippen LogP contribution is -2.58. The van der Waals surface area contributed by atoms with E-state index in [0.29, 0.717) is 12.6 Å². The molecule has 20 heavy (non-hydrogen) atoms. The maximum atomic E-state index is 12.1. The number of hydrogen-bond donors (Lipinski definition) is 1. The number of nitrogens with one attached hydrogen (secondary N) is 1. The lowest BCUT2D eigenvalue weighted by Gasteiger charge is -2.36. The quantitative estimate of drug-likeness (QED) is 0.468. The van der Waals surface area contributed by atoms with Crippen molar-refractivity contribution in [2.24, 2.45) is 0 Å². The van der Waals surface area contributed by atoms with E-state index < -0.39 is 5.54 Å². The maximum Gasteiger partial charge on any atom is 0.327 e. The van der Waals surface area contributed by atoms with E-state index in [9.17, 15) is 4.79 Å². The second kappa shape index (κ2) is 10.2. The summed E-state index contributed by atoms with van der Waals surface area (Å²) in [5.41, 5.74) is -0.624. The molecule has 0 aliphatic heterocycles. The van der Waals surface area contributed by atoms with E-state index >= 15 is 0 Å². The van der Waals surface area contributed by atoms with Crippen LogP contribution in [0.2, 0.25) is 0 Å². The lowest BCUT2D eigenvalue weighted by molar-refractivity contribution is -0.149. The van der Waals surface area contributed by atoms with Gasteiger partial charge in [-0.3, -0.25) is 9.69 Å². The molecule has 0 rings (SSSR count). The summed E-state index contributed by atoms with van der Waals surface area (Å²) in [6.45, 7) is 13.2. The molecular formula is C16H34N2O2. The topological polar surface area (TPSA) is 41.6 Å². The van der Waals surface area contributed by atoms with Gasteiger partial charge in [-0.1, -0.05) is 26.7 Å². The van der Waals surface area contributed by atoms with Crippen LogP contribution < -0.4 is 5.32 Å². The van der Waals surface area contributed by atoms with Crippen LogP contribution >= 0.6 is 0 Å². The summed E-state index contributed by atoms with van der Waals surface area (Å²) in [5.74, 6) is -0.174. The molecule has 0 spiro atoms. The van der Waals surface area contributed by atoms with E-state index in [-0.39, 0.29) is 5.97 Å². The highest BCUT2D eigenvalue weighted by molar-refractivity contribution is 5.80. The Bertz CT molecular complexity index is 269. The van der Waals surface area contributed by atoms with Gasteiger partial charge in [0, 0.05) is 12.6 Å². The smallest absolute Gasteiger partial charge is 0.327 e. The molecule has 1 unspecified atom stereocenters. The van der Waals surface area contributed by atoms with Gasteiger partial charge in [0.2, 0.25) is 0 Å². The Labute approximate surface area is 125 Å². The van der Waals surface area contributed by atoms with E-state index in [0.717, 1.165) is 19.5 Å². The van der Waals surface area contributed by atoms with Crippen LogP contribution in [0.5, 0.6) is 0 Å². The monoisotopic (exact) mass is 286 g/mol. The normalized spacial score (nSPS) is 14.6. The number of carbonyl (C=O) groups excluding carboxylic acids is 1. The zero-order valence-electron chi connectivity index (χ0n) is 14.3. The number of rotatable bonds is 11.